The lowest BCUT2D eigenvalue weighted by atomic mass is 9.97. The van der Waals surface area contributed by atoms with Crippen LogP contribution in [0.4, 0.5) is 0 Å². The predicted molar refractivity (Wildman–Crippen MR) is 68.7 cm³/mol. The molecule has 0 unspecified atom stereocenters. The quantitative estimate of drug-likeness (QED) is 0.897. The predicted octanol–water partition coefficient (Wildman–Crippen LogP) is 3.05. The Hall–Kier alpha value is -1.29. The molecule has 100 valence electrons. The maximum absolute atomic E-state index is 11.0. The summed E-state index contributed by atoms with van der Waals surface area (Å²) in [5.74, 6) is 0.336. The van der Waals surface area contributed by atoms with Gasteiger partial charge < -0.3 is 9.52 Å². The highest BCUT2D eigenvalue weighted by atomic mass is 16.4. The van der Waals surface area contributed by atoms with Gasteiger partial charge in [-0.1, -0.05) is 6.42 Å². The molecule has 1 aliphatic heterocycles. The van der Waals surface area contributed by atoms with E-state index in [-0.39, 0.29) is 5.56 Å². The van der Waals surface area contributed by atoms with Crippen molar-refractivity contribution in [2.45, 2.75) is 58.7 Å². The van der Waals surface area contributed by atoms with Gasteiger partial charge in [-0.2, -0.15) is 0 Å². The first kappa shape index (κ1) is 13.1. The number of carbonyl (C=O) groups is 1. The number of rotatable bonds is 3. The number of carboxylic acid groups (broad SMARTS) is 1. The number of nitrogens with zero attached hydrogens (tertiary/aromatic N) is 1. The topological polar surface area (TPSA) is 53.7 Å². The fourth-order valence-corrected chi connectivity index (χ4v) is 2.80. The third-order valence-corrected chi connectivity index (χ3v) is 3.91. The molecule has 1 aromatic heterocycles. The van der Waals surface area contributed by atoms with E-state index in [1.807, 2.05) is 0 Å². The summed E-state index contributed by atoms with van der Waals surface area (Å²) < 4.78 is 5.55. The number of hydrogen-bond acceptors (Lipinski definition) is 3. The van der Waals surface area contributed by atoms with Crippen molar-refractivity contribution in [3.05, 3.63) is 23.2 Å². The van der Waals surface area contributed by atoms with E-state index in [1.54, 1.807) is 13.0 Å². The van der Waals surface area contributed by atoms with Gasteiger partial charge in [0, 0.05) is 12.1 Å². The Kier molecular flexibility index (Phi) is 3.76. The molecule has 0 saturated carbocycles. The van der Waals surface area contributed by atoms with Crippen LogP contribution in [0.1, 0.15) is 55.0 Å². The van der Waals surface area contributed by atoms with Gasteiger partial charge in [0.1, 0.15) is 17.1 Å². The second-order valence-corrected chi connectivity index (χ2v) is 5.29. The summed E-state index contributed by atoms with van der Waals surface area (Å²) in [5, 5.41) is 9.02. The lowest BCUT2D eigenvalue weighted by Gasteiger charge is -2.38. The van der Waals surface area contributed by atoms with Crippen LogP contribution in [0, 0.1) is 6.92 Å². The van der Waals surface area contributed by atoms with E-state index in [2.05, 4.69) is 18.7 Å². The number of aromatic carboxylic acids is 1. The van der Waals surface area contributed by atoms with Gasteiger partial charge in [0.2, 0.25) is 0 Å². The van der Waals surface area contributed by atoms with Crippen LogP contribution in [0.15, 0.2) is 10.5 Å². The minimum absolute atomic E-state index is 0.280. The standard InChI is InChI=1S/C14H21NO3/c1-9-5-4-6-10(2)15(9)8-12-7-13(14(16)17)11(3)18-12/h7,9-10H,4-6,8H2,1-3H3,(H,16,17)/t9-,10+. The molecule has 2 rings (SSSR count). The van der Waals surface area contributed by atoms with Gasteiger partial charge in [0.15, 0.2) is 0 Å². The first-order chi connectivity index (χ1) is 8.49. The highest BCUT2D eigenvalue weighted by molar-refractivity contribution is 5.88. The van der Waals surface area contributed by atoms with Gasteiger partial charge in [-0.25, -0.2) is 4.79 Å². The molecule has 0 amide bonds. The Morgan fingerprint density at radius 3 is 2.56 bits per heavy atom. The molecule has 4 heteroatoms. The number of furan rings is 1. The van der Waals surface area contributed by atoms with Crippen LogP contribution < -0.4 is 0 Å². The molecule has 1 N–H and O–H groups in total. The number of aryl methyl sites for hydroxylation is 1. The Labute approximate surface area is 108 Å². The lowest BCUT2D eigenvalue weighted by molar-refractivity contribution is 0.0695. The highest BCUT2D eigenvalue weighted by Gasteiger charge is 2.26. The molecule has 1 saturated heterocycles. The molecule has 0 spiro atoms. The zero-order valence-corrected chi connectivity index (χ0v) is 11.3. The highest BCUT2D eigenvalue weighted by Crippen LogP contribution is 2.26. The van der Waals surface area contributed by atoms with E-state index in [4.69, 9.17) is 9.52 Å². The van der Waals surface area contributed by atoms with Crippen LogP contribution in [0.3, 0.4) is 0 Å². The Morgan fingerprint density at radius 1 is 1.44 bits per heavy atom. The van der Waals surface area contributed by atoms with Gasteiger partial charge in [-0.15, -0.1) is 0 Å². The van der Waals surface area contributed by atoms with E-state index in [9.17, 15) is 4.79 Å². The number of piperidine rings is 1. The SMILES string of the molecule is Cc1oc(CN2[C@H](C)CCC[C@@H]2C)cc1C(=O)O. The molecular weight excluding hydrogens is 230 g/mol. The average Bonchev–Trinajstić information content (AvgIpc) is 2.65. The molecule has 0 aliphatic carbocycles. The van der Waals surface area contributed by atoms with E-state index >= 15 is 0 Å². The molecule has 1 aliphatic rings. The third-order valence-electron chi connectivity index (χ3n) is 3.91. The van der Waals surface area contributed by atoms with Gasteiger partial charge in [0.25, 0.3) is 0 Å². The van der Waals surface area contributed by atoms with Crippen molar-refractivity contribution in [2.24, 2.45) is 0 Å². The van der Waals surface area contributed by atoms with Gasteiger partial charge in [-0.05, 0) is 39.7 Å². The second kappa shape index (κ2) is 5.14. The number of carboxylic acids is 1. The van der Waals surface area contributed by atoms with E-state index in [0.29, 0.717) is 24.4 Å². The van der Waals surface area contributed by atoms with E-state index in [1.165, 1.54) is 19.3 Å². The molecule has 4 nitrogen and oxygen atoms in total. The molecule has 18 heavy (non-hydrogen) atoms. The van der Waals surface area contributed by atoms with Crippen LogP contribution in [-0.2, 0) is 6.54 Å². The van der Waals surface area contributed by atoms with Crippen molar-refractivity contribution in [2.75, 3.05) is 0 Å². The third kappa shape index (κ3) is 2.58. The molecule has 2 atom stereocenters. The van der Waals surface area contributed by atoms with E-state index in [0.717, 1.165) is 5.76 Å². The van der Waals surface area contributed by atoms with Crippen molar-refractivity contribution in [1.82, 2.24) is 4.90 Å². The smallest absolute Gasteiger partial charge is 0.339 e. The van der Waals surface area contributed by atoms with Crippen molar-refractivity contribution in [3.8, 4) is 0 Å². The van der Waals surface area contributed by atoms with Crippen LogP contribution in [0.5, 0.6) is 0 Å². The van der Waals surface area contributed by atoms with Gasteiger partial charge in [-0.3, -0.25) is 4.90 Å². The minimum atomic E-state index is -0.915. The lowest BCUT2D eigenvalue weighted by Crippen LogP contribution is -2.42. The molecule has 2 heterocycles. The van der Waals surface area contributed by atoms with Crippen LogP contribution in [-0.4, -0.2) is 28.1 Å². The van der Waals surface area contributed by atoms with Crippen LogP contribution >= 0.6 is 0 Å². The van der Waals surface area contributed by atoms with Crippen LogP contribution in [0.2, 0.25) is 0 Å². The molecule has 0 radical (unpaired) electrons. The van der Waals surface area contributed by atoms with Crippen molar-refractivity contribution in [1.29, 1.82) is 0 Å². The fraction of sp³-hybridized carbons (Fsp3) is 0.643. The number of likely N-dealkylation sites (tertiary alicyclic amines) is 1. The van der Waals surface area contributed by atoms with Crippen molar-refractivity contribution < 1.29 is 14.3 Å². The second-order valence-electron chi connectivity index (χ2n) is 5.29. The van der Waals surface area contributed by atoms with Crippen molar-refractivity contribution >= 4 is 5.97 Å². The monoisotopic (exact) mass is 251 g/mol. The molecule has 0 bridgehead atoms. The Balaban J connectivity index is 2.13. The molecule has 1 aromatic rings. The Morgan fingerprint density at radius 2 is 2.06 bits per heavy atom. The van der Waals surface area contributed by atoms with Gasteiger partial charge in [0.05, 0.1) is 6.54 Å². The summed E-state index contributed by atoms with van der Waals surface area (Å²) in [6, 6.07) is 2.73. The zero-order chi connectivity index (χ0) is 13.3. The Bertz CT molecular complexity index is 428. The molecular formula is C14H21NO3. The summed E-state index contributed by atoms with van der Waals surface area (Å²) in [6.45, 7) is 6.86. The summed E-state index contributed by atoms with van der Waals surface area (Å²) in [5.41, 5.74) is 0.280. The zero-order valence-electron chi connectivity index (χ0n) is 11.3. The largest absolute Gasteiger partial charge is 0.478 e. The average molecular weight is 251 g/mol. The van der Waals surface area contributed by atoms with Crippen molar-refractivity contribution in [3.63, 3.8) is 0 Å². The number of hydrogen-bond donors (Lipinski definition) is 1. The summed E-state index contributed by atoms with van der Waals surface area (Å²) in [6.07, 6.45) is 3.68. The fourth-order valence-electron chi connectivity index (χ4n) is 2.80. The molecule has 0 aromatic carbocycles. The van der Waals surface area contributed by atoms with Gasteiger partial charge >= 0.3 is 5.97 Å². The normalized spacial score (nSPS) is 25.3. The maximum atomic E-state index is 11.0. The van der Waals surface area contributed by atoms with E-state index < -0.39 is 5.97 Å². The first-order valence-electron chi connectivity index (χ1n) is 6.57. The maximum Gasteiger partial charge on any atom is 0.339 e. The first-order valence-corrected chi connectivity index (χ1v) is 6.57. The summed E-state index contributed by atoms with van der Waals surface area (Å²) in [4.78, 5) is 13.4. The summed E-state index contributed by atoms with van der Waals surface area (Å²) in [7, 11) is 0. The van der Waals surface area contributed by atoms with Crippen LogP contribution in [0.25, 0.3) is 0 Å². The summed E-state index contributed by atoms with van der Waals surface area (Å²) >= 11 is 0. The minimum Gasteiger partial charge on any atom is -0.478 e. The molecule has 1 fully saturated rings.